The molecule has 1 aromatic heterocycles. The number of carboxylic acid groups (broad SMARTS) is 1. The zero-order chi connectivity index (χ0) is 9.19. The van der Waals surface area contributed by atoms with E-state index in [2.05, 4.69) is 14.8 Å². The quantitative estimate of drug-likeness (QED) is 0.749. The molecule has 1 aromatic rings. The highest BCUT2D eigenvalue weighted by molar-refractivity contribution is 7.05. The molecular formula is C6H9N3O2S. The van der Waals surface area contributed by atoms with Crippen LogP contribution in [0.4, 0.5) is 0 Å². The van der Waals surface area contributed by atoms with Crippen LogP contribution in [0.1, 0.15) is 18.9 Å². The summed E-state index contributed by atoms with van der Waals surface area (Å²) in [5, 5.41) is 16.5. The van der Waals surface area contributed by atoms with Gasteiger partial charge in [0.25, 0.3) is 0 Å². The van der Waals surface area contributed by atoms with Crippen LogP contribution >= 0.6 is 11.5 Å². The Bertz CT molecular complexity index is 270. The fourth-order valence-corrected chi connectivity index (χ4v) is 1.34. The fraction of sp³-hybridized carbons (Fsp3) is 0.667. The minimum Gasteiger partial charge on any atom is -0.481 e. The molecule has 0 radical (unpaired) electrons. The maximum absolute atomic E-state index is 10.7. The third kappa shape index (κ3) is 1.97. The van der Waals surface area contributed by atoms with Crippen molar-refractivity contribution in [3.8, 4) is 0 Å². The average molecular weight is 187 g/mol. The molecule has 1 rings (SSSR count). The van der Waals surface area contributed by atoms with Gasteiger partial charge in [0.2, 0.25) is 0 Å². The van der Waals surface area contributed by atoms with Crippen LogP contribution in [-0.4, -0.2) is 25.9 Å². The second-order valence-corrected chi connectivity index (χ2v) is 3.94. The highest BCUT2D eigenvalue weighted by Crippen LogP contribution is 2.21. The number of hydrogen-bond donors (Lipinski definition) is 1. The Morgan fingerprint density at radius 1 is 1.67 bits per heavy atom. The Morgan fingerprint density at radius 3 is 2.75 bits per heavy atom. The number of carbonyl (C=O) groups is 1. The molecule has 0 aliphatic rings. The fourth-order valence-electron chi connectivity index (χ4n) is 0.673. The van der Waals surface area contributed by atoms with E-state index in [1.54, 1.807) is 13.8 Å². The molecule has 0 atom stereocenters. The van der Waals surface area contributed by atoms with Gasteiger partial charge in [0.05, 0.1) is 5.41 Å². The minimum absolute atomic E-state index is 0.375. The molecule has 0 saturated heterocycles. The molecular weight excluding hydrogens is 178 g/mol. The smallest absolute Gasteiger partial charge is 0.309 e. The Hall–Kier alpha value is -1.04. The second kappa shape index (κ2) is 3.14. The van der Waals surface area contributed by atoms with E-state index in [0.29, 0.717) is 11.4 Å². The topological polar surface area (TPSA) is 76.0 Å². The van der Waals surface area contributed by atoms with Crippen molar-refractivity contribution < 1.29 is 9.90 Å². The van der Waals surface area contributed by atoms with Crippen molar-refractivity contribution in [3.63, 3.8) is 0 Å². The lowest BCUT2D eigenvalue weighted by Gasteiger charge is -2.15. The molecule has 0 aliphatic heterocycles. The molecule has 66 valence electrons. The molecule has 5 nitrogen and oxygen atoms in total. The molecule has 1 N–H and O–H groups in total. The zero-order valence-electron chi connectivity index (χ0n) is 6.81. The van der Waals surface area contributed by atoms with Gasteiger partial charge in [0.1, 0.15) is 5.01 Å². The van der Waals surface area contributed by atoms with Crippen molar-refractivity contribution in [2.75, 3.05) is 0 Å². The highest BCUT2D eigenvalue weighted by Gasteiger charge is 2.28. The first-order chi connectivity index (χ1) is 5.52. The summed E-state index contributed by atoms with van der Waals surface area (Å²) in [6, 6.07) is 0. The van der Waals surface area contributed by atoms with Crippen LogP contribution in [0.3, 0.4) is 0 Å². The molecule has 0 amide bonds. The van der Waals surface area contributed by atoms with Gasteiger partial charge in [-0.25, -0.2) is 0 Å². The van der Waals surface area contributed by atoms with Crippen molar-refractivity contribution in [2.24, 2.45) is 5.41 Å². The third-order valence-electron chi connectivity index (χ3n) is 1.51. The number of carboxylic acids is 1. The Balaban J connectivity index is 2.69. The van der Waals surface area contributed by atoms with Crippen LogP contribution in [0.15, 0.2) is 0 Å². The summed E-state index contributed by atoms with van der Waals surface area (Å²) in [5.74, 6) is -0.835. The first-order valence-electron chi connectivity index (χ1n) is 3.40. The van der Waals surface area contributed by atoms with Crippen molar-refractivity contribution >= 4 is 17.5 Å². The van der Waals surface area contributed by atoms with Crippen LogP contribution in [0.25, 0.3) is 0 Å². The number of rotatable bonds is 3. The highest BCUT2D eigenvalue weighted by atomic mass is 32.1. The normalized spacial score (nSPS) is 11.5. The monoisotopic (exact) mass is 187 g/mol. The molecule has 0 saturated carbocycles. The van der Waals surface area contributed by atoms with Gasteiger partial charge in [-0.2, -0.15) is 0 Å². The average Bonchev–Trinajstić information content (AvgIpc) is 2.38. The molecule has 0 unspecified atom stereocenters. The second-order valence-electron chi connectivity index (χ2n) is 3.12. The van der Waals surface area contributed by atoms with Gasteiger partial charge < -0.3 is 5.11 Å². The zero-order valence-corrected chi connectivity index (χ0v) is 7.63. The van der Waals surface area contributed by atoms with Crippen molar-refractivity contribution in [3.05, 3.63) is 5.01 Å². The van der Waals surface area contributed by atoms with E-state index in [0.717, 1.165) is 11.5 Å². The predicted octanol–water partition coefficient (Wildman–Crippen LogP) is 0.586. The summed E-state index contributed by atoms with van der Waals surface area (Å²) in [4.78, 5) is 10.7. The summed E-state index contributed by atoms with van der Waals surface area (Å²) in [7, 11) is 0. The molecule has 6 heteroatoms. The molecule has 12 heavy (non-hydrogen) atoms. The standard InChI is InChI=1S/C6H9N3O2S/c1-6(2,5(10)11)3-4-7-8-9-12-4/h3H2,1-2H3,(H,10,11). The summed E-state index contributed by atoms with van der Waals surface area (Å²) in [5.41, 5.74) is -0.790. The maximum atomic E-state index is 10.7. The molecule has 0 aromatic carbocycles. The van der Waals surface area contributed by atoms with E-state index in [-0.39, 0.29) is 0 Å². The van der Waals surface area contributed by atoms with Crippen molar-refractivity contribution in [1.29, 1.82) is 0 Å². The number of aliphatic carboxylic acids is 1. The van der Waals surface area contributed by atoms with Crippen LogP contribution < -0.4 is 0 Å². The molecule has 0 bridgehead atoms. The Kier molecular flexibility index (Phi) is 2.37. The van der Waals surface area contributed by atoms with Gasteiger partial charge in [0, 0.05) is 18.0 Å². The third-order valence-corrected chi connectivity index (χ3v) is 2.10. The minimum atomic E-state index is -0.835. The Labute approximate surface area is 73.6 Å². The largest absolute Gasteiger partial charge is 0.481 e. The van der Waals surface area contributed by atoms with E-state index >= 15 is 0 Å². The molecule has 0 fully saturated rings. The number of nitrogens with zero attached hydrogens (tertiary/aromatic N) is 3. The summed E-state index contributed by atoms with van der Waals surface area (Å²) < 4.78 is 3.55. The van der Waals surface area contributed by atoms with Crippen LogP contribution in [-0.2, 0) is 11.2 Å². The SMILES string of the molecule is CC(C)(Cc1nnns1)C(=O)O. The number of hydrogen-bond acceptors (Lipinski definition) is 5. The van der Waals surface area contributed by atoms with Gasteiger partial charge >= 0.3 is 5.97 Å². The van der Waals surface area contributed by atoms with E-state index in [9.17, 15) is 4.79 Å². The summed E-state index contributed by atoms with van der Waals surface area (Å²) in [6.45, 7) is 3.30. The van der Waals surface area contributed by atoms with Crippen molar-refractivity contribution in [1.82, 2.24) is 14.8 Å². The maximum Gasteiger partial charge on any atom is 0.309 e. The first kappa shape index (κ1) is 9.05. The lowest BCUT2D eigenvalue weighted by Crippen LogP contribution is -2.26. The number of aromatic nitrogens is 3. The van der Waals surface area contributed by atoms with E-state index in [1.807, 2.05) is 0 Å². The van der Waals surface area contributed by atoms with Gasteiger partial charge in [-0.1, -0.05) is 4.49 Å². The van der Waals surface area contributed by atoms with E-state index in [4.69, 9.17) is 5.11 Å². The molecule has 0 aliphatic carbocycles. The van der Waals surface area contributed by atoms with Crippen LogP contribution in [0.2, 0.25) is 0 Å². The predicted molar refractivity (Wildman–Crippen MR) is 42.8 cm³/mol. The van der Waals surface area contributed by atoms with Gasteiger partial charge in [-0.3, -0.25) is 4.79 Å². The Morgan fingerprint density at radius 2 is 2.33 bits per heavy atom. The van der Waals surface area contributed by atoms with Gasteiger partial charge in [0.15, 0.2) is 0 Å². The molecule has 1 heterocycles. The molecule has 0 spiro atoms. The lowest BCUT2D eigenvalue weighted by molar-refractivity contribution is -0.146. The van der Waals surface area contributed by atoms with E-state index < -0.39 is 11.4 Å². The van der Waals surface area contributed by atoms with E-state index in [1.165, 1.54) is 0 Å². The summed E-state index contributed by atoms with van der Waals surface area (Å²) >= 11 is 1.13. The summed E-state index contributed by atoms with van der Waals surface area (Å²) in [6.07, 6.45) is 0.375. The lowest BCUT2D eigenvalue weighted by atomic mass is 9.90. The first-order valence-corrected chi connectivity index (χ1v) is 4.17. The van der Waals surface area contributed by atoms with Crippen LogP contribution in [0.5, 0.6) is 0 Å². The van der Waals surface area contributed by atoms with Crippen LogP contribution in [0, 0.1) is 5.41 Å². The van der Waals surface area contributed by atoms with Gasteiger partial charge in [-0.05, 0) is 19.1 Å². The van der Waals surface area contributed by atoms with Crippen molar-refractivity contribution in [2.45, 2.75) is 20.3 Å². The van der Waals surface area contributed by atoms with Gasteiger partial charge in [-0.15, -0.1) is 5.10 Å².